The normalized spacial score (nSPS) is 11.3. The van der Waals surface area contributed by atoms with E-state index in [9.17, 15) is 14.0 Å². The van der Waals surface area contributed by atoms with Crippen molar-refractivity contribution in [3.63, 3.8) is 0 Å². The number of halogens is 2. The number of anilines is 2. The Morgan fingerprint density at radius 1 is 1.12 bits per heavy atom. The lowest BCUT2D eigenvalue weighted by Crippen LogP contribution is -2.43. The first-order valence-electron chi connectivity index (χ1n) is 9.96. The number of rotatable bonds is 6. The van der Waals surface area contributed by atoms with E-state index in [0.717, 1.165) is 9.95 Å². The van der Waals surface area contributed by atoms with Crippen molar-refractivity contribution in [1.82, 2.24) is 44.5 Å². The molecule has 0 bridgehead atoms. The van der Waals surface area contributed by atoms with Crippen molar-refractivity contribution in [1.29, 1.82) is 0 Å². The first-order valence-corrected chi connectivity index (χ1v) is 10.3. The molecule has 0 spiro atoms. The zero-order chi connectivity index (χ0) is 23.8. The number of nitrogens with one attached hydrogen (secondary N) is 2. The van der Waals surface area contributed by atoms with Crippen molar-refractivity contribution in [2.75, 3.05) is 5.32 Å². The van der Waals surface area contributed by atoms with Crippen LogP contribution in [0.25, 0.3) is 10.9 Å². The zero-order valence-electron chi connectivity index (χ0n) is 17.6. The maximum atomic E-state index is 13.4. The van der Waals surface area contributed by atoms with E-state index in [-0.39, 0.29) is 24.9 Å². The molecule has 0 fully saturated rings. The first kappa shape index (κ1) is 21.5. The fourth-order valence-corrected chi connectivity index (χ4v) is 3.66. The van der Waals surface area contributed by atoms with Gasteiger partial charge in [-0.25, -0.2) is 18.5 Å². The van der Waals surface area contributed by atoms with Gasteiger partial charge >= 0.3 is 11.4 Å². The molecule has 0 saturated carbocycles. The SMILES string of the molecule is Cn1cc2cc(Nc3nc(=O)n(Cc4nn[nH]n4)c(=O)n3Cc3ccc(F)cc3)c(Cl)cc2n1. The third-order valence-electron chi connectivity index (χ3n) is 5.05. The lowest BCUT2D eigenvalue weighted by molar-refractivity contribution is 0.576. The standard InChI is InChI=1S/C20H16ClFN10O2/c1-30-9-12-6-16(14(21)7-15(12)27-30)23-18-24-19(33)32(10-17-25-28-29-26-17)20(34)31(18)8-11-2-4-13(22)5-3-11/h2-7,9H,8,10H2,1H3,(H,23,24,33)(H,25,26,28,29). The summed E-state index contributed by atoms with van der Waals surface area (Å²) in [5.74, 6) is -0.305. The van der Waals surface area contributed by atoms with Crippen molar-refractivity contribution < 1.29 is 4.39 Å². The number of hydrogen-bond donors (Lipinski definition) is 2. The van der Waals surface area contributed by atoms with Gasteiger partial charge in [-0.1, -0.05) is 28.9 Å². The maximum absolute atomic E-state index is 13.4. The molecule has 3 aromatic heterocycles. The number of tetrazole rings is 1. The molecule has 5 rings (SSSR count). The first-order chi connectivity index (χ1) is 16.4. The van der Waals surface area contributed by atoms with Gasteiger partial charge in [0.1, 0.15) is 5.82 Å². The molecule has 0 aliphatic rings. The van der Waals surface area contributed by atoms with Gasteiger partial charge in [-0.05, 0) is 29.8 Å². The minimum atomic E-state index is -0.814. The van der Waals surface area contributed by atoms with Crippen LogP contribution < -0.4 is 16.7 Å². The lowest BCUT2D eigenvalue weighted by atomic mass is 10.2. The lowest BCUT2D eigenvalue weighted by Gasteiger charge is -2.16. The van der Waals surface area contributed by atoms with Crippen LogP contribution in [0.15, 0.2) is 52.2 Å². The van der Waals surface area contributed by atoms with Crippen LogP contribution in [-0.4, -0.2) is 44.5 Å². The smallest absolute Gasteiger partial charge is 0.324 e. The van der Waals surface area contributed by atoms with E-state index in [4.69, 9.17) is 11.6 Å². The molecule has 12 nitrogen and oxygen atoms in total. The topological polar surface area (TPSA) is 141 Å². The number of aryl methyl sites for hydroxylation is 1. The summed E-state index contributed by atoms with van der Waals surface area (Å²) in [5, 5.41) is 21.7. The fourth-order valence-electron chi connectivity index (χ4n) is 3.45. The minimum absolute atomic E-state index is 0.00767. The number of benzene rings is 2. The molecule has 34 heavy (non-hydrogen) atoms. The minimum Gasteiger partial charge on any atom is -0.324 e. The Morgan fingerprint density at radius 2 is 1.91 bits per heavy atom. The van der Waals surface area contributed by atoms with E-state index in [0.29, 0.717) is 21.8 Å². The van der Waals surface area contributed by atoms with Crippen LogP contribution in [0.1, 0.15) is 11.4 Å². The number of fused-ring (bicyclic) bond motifs is 1. The summed E-state index contributed by atoms with van der Waals surface area (Å²) < 4.78 is 17.2. The largest absolute Gasteiger partial charge is 0.355 e. The molecule has 2 N–H and O–H groups in total. The Hall–Kier alpha value is -4.39. The molecule has 0 saturated heterocycles. The van der Waals surface area contributed by atoms with E-state index in [2.05, 4.69) is 36.0 Å². The van der Waals surface area contributed by atoms with E-state index in [1.165, 1.54) is 28.8 Å². The van der Waals surface area contributed by atoms with Crippen molar-refractivity contribution in [3.05, 3.63) is 85.8 Å². The molecule has 3 heterocycles. The highest BCUT2D eigenvalue weighted by Crippen LogP contribution is 2.29. The average molecular weight is 483 g/mol. The van der Waals surface area contributed by atoms with Crippen LogP contribution in [0.3, 0.4) is 0 Å². The van der Waals surface area contributed by atoms with Crippen molar-refractivity contribution >= 4 is 34.1 Å². The molecule has 0 aliphatic carbocycles. The molecule has 14 heteroatoms. The number of H-pyrrole nitrogens is 1. The molecule has 0 aliphatic heterocycles. The second-order valence-electron chi connectivity index (χ2n) is 7.45. The van der Waals surface area contributed by atoms with E-state index in [1.807, 2.05) is 0 Å². The van der Waals surface area contributed by atoms with Crippen molar-refractivity contribution in [3.8, 4) is 0 Å². The average Bonchev–Trinajstić information content (AvgIpc) is 3.44. The molecule has 5 aromatic rings. The van der Waals surface area contributed by atoms with Gasteiger partial charge in [0.05, 0.1) is 29.3 Å². The summed E-state index contributed by atoms with van der Waals surface area (Å²) >= 11 is 6.42. The Balaban J connectivity index is 1.61. The van der Waals surface area contributed by atoms with E-state index < -0.39 is 17.2 Å². The monoisotopic (exact) mass is 482 g/mol. The third-order valence-corrected chi connectivity index (χ3v) is 5.36. The number of aromatic amines is 1. The summed E-state index contributed by atoms with van der Waals surface area (Å²) in [6, 6.07) is 9.04. The van der Waals surface area contributed by atoms with E-state index >= 15 is 0 Å². The Kier molecular flexibility index (Phi) is 5.37. The summed E-state index contributed by atoms with van der Waals surface area (Å²) in [4.78, 5) is 30.2. The van der Waals surface area contributed by atoms with Gasteiger partial charge in [-0.15, -0.1) is 10.2 Å². The van der Waals surface area contributed by atoms with Gasteiger partial charge in [0, 0.05) is 18.6 Å². The van der Waals surface area contributed by atoms with Gasteiger partial charge in [0.15, 0.2) is 5.82 Å². The predicted molar refractivity (Wildman–Crippen MR) is 121 cm³/mol. The van der Waals surface area contributed by atoms with Crippen molar-refractivity contribution in [2.24, 2.45) is 7.05 Å². The highest BCUT2D eigenvalue weighted by atomic mass is 35.5. The van der Waals surface area contributed by atoms with Crippen LogP contribution in [0.5, 0.6) is 0 Å². The van der Waals surface area contributed by atoms with Crippen LogP contribution in [0.4, 0.5) is 16.0 Å². The van der Waals surface area contributed by atoms with Crippen LogP contribution in [0, 0.1) is 5.82 Å². The predicted octanol–water partition coefficient (Wildman–Crippen LogP) is 1.44. The number of hydrogen-bond acceptors (Lipinski definition) is 8. The van der Waals surface area contributed by atoms with Crippen LogP contribution in [0.2, 0.25) is 5.02 Å². The van der Waals surface area contributed by atoms with Gasteiger partial charge < -0.3 is 5.32 Å². The summed E-state index contributed by atoms with van der Waals surface area (Å²) in [6.45, 7) is -0.221. The number of aromatic nitrogens is 9. The fraction of sp³-hybridized carbons (Fsp3) is 0.150. The third kappa shape index (κ3) is 4.15. The summed E-state index contributed by atoms with van der Waals surface area (Å²) in [6.07, 6.45) is 1.80. The second kappa shape index (κ2) is 8.51. The molecular weight excluding hydrogens is 467 g/mol. The van der Waals surface area contributed by atoms with Gasteiger partial charge in [-0.2, -0.15) is 15.3 Å². The molecule has 0 radical (unpaired) electrons. The zero-order valence-corrected chi connectivity index (χ0v) is 18.4. The van der Waals surface area contributed by atoms with Gasteiger partial charge in [0.25, 0.3) is 0 Å². The Labute approximate surface area is 194 Å². The van der Waals surface area contributed by atoms with Crippen LogP contribution >= 0.6 is 11.6 Å². The molecule has 0 atom stereocenters. The molecule has 172 valence electrons. The Morgan fingerprint density at radius 3 is 2.65 bits per heavy atom. The van der Waals surface area contributed by atoms with Gasteiger partial charge in [-0.3, -0.25) is 9.25 Å². The summed E-state index contributed by atoms with van der Waals surface area (Å²) in [7, 11) is 1.78. The highest BCUT2D eigenvalue weighted by molar-refractivity contribution is 6.34. The van der Waals surface area contributed by atoms with E-state index in [1.54, 1.807) is 30.1 Å². The van der Waals surface area contributed by atoms with Gasteiger partial charge in [0.2, 0.25) is 5.95 Å². The number of nitrogens with zero attached hydrogens (tertiary/aromatic N) is 8. The molecule has 2 aromatic carbocycles. The highest BCUT2D eigenvalue weighted by Gasteiger charge is 2.17. The van der Waals surface area contributed by atoms with Crippen molar-refractivity contribution in [2.45, 2.75) is 13.1 Å². The maximum Gasteiger partial charge on any atom is 0.355 e. The Bertz CT molecular complexity index is 1610. The molecular formula is C20H16ClFN10O2. The summed E-state index contributed by atoms with van der Waals surface area (Å²) in [5.41, 5.74) is 0.246. The second-order valence-corrected chi connectivity index (χ2v) is 7.85. The molecule has 0 unspecified atom stereocenters. The van der Waals surface area contributed by atoms with Crippen LogP contribution in [-0.2, 0) is 20.1 Å². The molecule has 0 amide bonds. The quantitative estimate of drug-likeness (QED) is 0.370.